The second-order valence-electron chi connectivity index (χ2n) is 7.62. The molecule has 4 rings (SSSR count). The predicted molar refractivity (Wildman–Crippen MR) is 132 cm³/mol. The molecule has 32 heavy (non-hydrogen) atoms. The lowest BCUT2D eigenvalue weighted by atomic mass is 9.98. The first-order chi connectivity index (χ1) is 15.4. The van der Waals surface area contributed by atoms with Gasteiger partial charge < -0.3 is 9.73 Å². The van der Waals surface area contributed by atoms with E-state index in [0.717, 1.165) is 28.6 Å². The number of amides is 1. The number of fused-ring (bicyclic) bond motifs is 1. The molecule has 0 aliphatic rings. The minimum atomic E-state index is -0.297. The third-order valence-corrected chi connectivity index (χ3v) is 5.94. The summed E-state index contributed by atoms with van der Waals surface area (Å²) in [5, 5.41) is 3.89. The largest absolute Gasteiger partial charge is 0.436 e. The number of carbonyl (C=O) groups excluding carboxylic acids is 1. The molecular formula is C26H22Cl2N2O2. The van der Waals surface area contributed by atoms with Crippen molar-refractivity contribution in [2.24, 2.45) is 0 Å². The Morgan fingerprint density at radius 2 is 1.88 bits per heavy atom. The van der Waals surface area contributed by atoms with Gasteiger partial charge in [0.05, 0.1) is 10.7 Å². The van der Waals surface area contributed by atoms with Gasteiger partial charge in [-0.3, -0.25) is 4.79 Å². The highest BCUT2D eigenvalue weighted by molar-refractivity contribution is 6.34. The lowest BCUT2D eigenvalue weighted by molar-refractivity contribution is -0.111. The van der Waals surface area contributed by atoms with Gasteiger partial charge in [0.15, 0.2) is 5.58 Å². The van der Waals surface area contributed by atoms with Gasteiger partial charge in [-0.05, 0) is 72.0 Å². The first kappa shape index (κ1) is 22.1. The van der Waals surface area contributed by atoms with E-state index in [4.69, 9.17) is 27.6 Å². The van der Waals surface area contributed by atoms with E-state index in [9.17, 15) is 4.79 Å². The fourth-order valence-corrected chi connectivity index (χ4v) is 3.58. The van der Waals surface area contributed by atoms with E-state index in [-0.39, 0.29) is 5.91 Å². The topological polar surface area (TPSA) is 55.1 Å². The van der Waals surface area contributed by atoms with E-state index < -0.39 is 0 Å². The molecule has 1 aromatic heterocycles. The number of hydrogen-bond acceptors (Lipinski definition) is 3. The van der Waals surface area contributed by atoms with Crippen LogP contribution in [0, 0.1) is 0 Å². The summed E-state index contributed by atoms with van der Waals surface area (Å²) >= 11 is 12.2. The summed E-state index contributed by atoms with van der Waals surface area (Å²) in [5.41, 5.74) is 4.84. The Kier molecular flexibility index (Phi) is 6.63. The molecule has 0 aliphatic carbocycles. The second-order valence-corrected chi connectivity index (χ2v) is 8.47. The first-order valence-electron chi connectivity index (χ1n) is 10.4. The molecule has 0 saturated carbocycles. The summed E-state index contributed by atoms with van der Waals surface area (Å²) < 4.78 is 5.95. The van der Waals surface area contributed by atoms with Crippen molar-refractivity contribution in [2.45, 2.75) is 26.2 Å². The van der Waals surface area contributed by atoms with Crippen LogP contribution < -0.4 is 5.32 Å². The van der Waals surface area contributed by atoms with Crippen molar-refractivity contribution >= 4 is 52.0 Å². The van der Waals surface area contributed by atoms with Crippen molar-refractivity contribution in [1.82, 2.24) is 4.98 Å². The molecular weight excluding hydrogens is 443 g/mol. The fourth-order valence-electron chi connectivity index (χ4n) is 3.28. The highest BCUT2D eigenvalue weighted by Gasteiger charge is 2.13. The molecule has 4 aromatic rings. The number of halogens is 2. The van der Waals surface area contributed by atoms with Crippen LogP contribution in [0.1, 0.15) is 37.3 Å². The standard InChI is InChI=1S/C26H22Cl2N2O2/c1-3-16(2)18-8-12-24-23(14-18)30-26(32-24)19-7-11-21(28)22(15-19)29-25(31)13-6-17-4-9-20(27)10-5-17/h4-16H,3H2,1-2H3,(H,29,31). The Morgan fingerprint density at radius 1 is 1.09 bits per heavy atom. The zero-order valence-electron chi connectivity index (χ0n) is 17.7. The molecule has 0 bridgehead atoms. The summed E-state index contributed by atoms with van der Waals surface area (Å²) in [7, 11) is 0. The van der Waals surface area contributed by atoms with Gasteiger partial charge in [0.1, 0.15) is 5.52 Å². The number of aromatic nitrogens is 1. The summed E-state index contributed by atoms with van der Waals surface area (Å²) in [6, 6.07) is 18.6. The Labute approximate surface area is 196 Å². The molecule has 0 saturated heterocycles. The highest BCUT2D eigenvalue weighted by atomic mass is 35.5. The van der Waals surface area contributed by atoms with E-state index in [1.807, 2.05) is 24.3 Å². The van der Waals surface area contributed by atoms with Crippen LogP contribution in [-0.2, 0) is 4.79 Å². The smallest absolute Gasteiger partial charge is 0.248 e. The molecule has 0 spiro atoms. The third kappa shape index (κ3) is 5.04. The van der Waals surface area contributed by atoms with Crippen molar-refractivity contribution in [2.75, 3.05) is 5.32 Å². The summed E-state index contributed by atoms with van der Waals surface area (Å²) in [4.78, 5) is 17.0. The van der Waals surface area contributed by atoms with E-state index in [1.165, 1.54) is 11.6 Å². The van der Waals surface area contributed by atoms with E-state index in [0.29, 0.717) is 27.5 Å². The number of benzene rings is 3. The minimum absolute atomic E-state index is 0.297. The first-order valence-corrected chi connectivity index (χ1v) is 11.1. The maximum atomic E-state index is 12.4. The van der Waals surface area contributed by atoms with E-state index >= 15 is 0 Å². The van der Waals surface area contributed by atoms with E-state index in [1.54, 1.807) is 30.3 Å². The van der Waals surface area contributed by atoms with Crippen LogP contribution in [0.25, 0.3) is 28.6 Å². The highest BCUT2D eigenvalue weighted by Crippen LogP contribution is 2.31. The molecule has 1 N–H and O–H groups in total. The molecule has 3 aromatic carbocycles. The summed E-state index contributed by atoms with van der Waals surface area (Å²) in [5.74, 6) is 0.637. The van der Waals surface area contributed by atoms with Crippen LogP contribution in [-0.4, -0.2) is 10.9 Å². The zero-order valence-corrected chi connectivity index (χ0v) is 19.2. The van der Waals surface area contributed by atoms with Crippen molar-refractivity contribution < 1.29 is 9.21 Å². The molecule has 162 valence electrons. The fraction of sp³-hybridized carbons (Fsp3) is 0.154. The van der Waals surface area contributed by atoms with Crippen molar-refractivity contribution in [3.8, 4) is 11.5 Å². The Balaban J connectivity index is 1.55. The Bertz CT molecular complexity index is 1290. The van der Waals surface area contributed by atoms with Gasteiger partial charge in [-0.25, -0.2) is 4.98 Å². The number of rotatable bonds is 6. The average Bonchev–Trinajstić information content (AvgIpc) is 3.23. The van der Waals surface area contributed by atoms with Crippen molar-refractivity contribution in [3.05, 3.63) is 87.9 Å². The van der Waals surface area contributed by atoms with Gasteiger partial charge >= 0.3 is 0 Å². The van der Waals surface area contributed by atoms with Gasteiger partial charge in [0.25, 0.3) is 0 Å². The number of oxazole rings is 1. The molecule has 1 unspecified atom stereocenters. The summed E-state index contributed by atoms with van der Waals surface area (Å²) in [6.07, 6.45) is 4.21. The maximum Gasteiger partial charge on any atom is 0.248 e. The van der Waals surface area contributed by atoms with Crippen LogP contribution in [0.2, 0.25) is 10.0 Å². The quantitative estimate of drug-likeness (QED) is 0.294. The van der Waals surface area contributed by atoms with Gasteiger partial charge in [-0.1, -0.05) is 55.2 Å². The molecule has 1 heterocycles. The van der Waals surface area contributed by atoms with Crippen LogP contribution >= 0.6 is 23.2 Å². The normalized spacial score (nSPS) is 12.4. The molecule has 0 radical (unpaired) electrons. The monoisotopic (exact) mass is 464 g/mol. The van der Waals surface area contributed by atoms with Crippen LogP contribution in [0.3, 0.4) is 0 Å². The Morgan fingerprint density at radius 3 is 2.62 bits per heavy atom. The zero-order chi connectivity index (χ0) is 22.7. The third-order valence-electron chi connectivity index (χ3n) is 5.36. The van der Waals surface area contributed by atoms with Crippen LogP contribution in [0.5, 0.6) is 0 Å². The number of carbonyl (C=O) groups is 1. The second kappa shape index (κ2) is 9.60. The lowest BCUT2D eigenvalue weighted by Gasteiger charge is -2.07. The molecule has 0 aliphatic heterocycles. The van der Waals surface area contributed by atoms with Gasteiger partial charge in [-0.15, -0.1) is 0 Å². The molecule has 6 heteroatoms. The van der Waals surface area contributed by atoms with Crippen LogP contribution in [0.4, 0.5) is 5.69 Å². The number of anilines is 1. The maximum absolute atomic E-state index is 12.4. The molecule has 1 atom stereocenters. The van der Waals surface area contributed by atoms with Crippen molar-refractivity contribution in [1.29, 1.82) is 0 Å². The van der Waals surface area contributed by atoms with Gasteiger partial charge in [0, 0.05) is 16.7 Å². The minimum Gasteiger partial charge on any atom is -0.436 e. The number of nitrogens with one attached hydrogen (secondary N) is 1. The molecule has 0 fully saturated rings. The summed E-state index contributed by atoms with van der Waals surface area (Å²) in [6.45, 7) is 4.36. The average molecular weight is 465 g/mol. The van der Waals surface area contributed by atoms with Gasteiger partial charge in [0.2, 0.25) is 11.8 Å². The molecule has 4 nitrogen and oxygen atoms in total. The lowest BCUT2D eigenvalue weighted by Crippen LogP contribution is -2.08. The van der Waals surface area contributed by atoms with E-state index in [2.05, 4.69) is 36.3 Å². The van der Waals surface area contributed by atoms with Crippen LogP contribution in [0.15, 0.2) is 71.2 Å². The van der Waals surface area contributed by atoms with Crippen molar-refractivity contribution in [3.63, 3.8) is 0 Å². The number of nitrogens with zero attached hydrogens (tertiary/aromatic N) is 1. The Hall–Kier alpha value is -3.08. The predicted octanol–water partition coefficient (Wildman–Crippen LogP) is 7.97. The molecule has 1 amide bonds. The van der Waals surface area contributed by atoms with Gasteiger partial charge in [-0.2, -0.15) is 0 Å². The number of hydrogen-bond donors (Lipinski definition) is 1. The SMILES string of the molecule is CCC(C)c1ccc2oc(-c3ccc(Cl)c(NC(=O)C=Cc4ccc(Cl)cc4)c3)nc2c1.